The molecule has 3 rings (SSSR count). The monoisotopic (exact) mass is 374 g/mol. The Hall–Kier alpha value is -3.20. The number of carbonyl (C=O) groups excluding carboxylic acids is 2. The molecule has 3 amide bonds. The van der Waals surface area contributed by atoms with E-state index in [-0.39, 0.29) is 22.2 Å². The fourth-order valence-corrected chi connectivity index (χ4v) is 3.91. The standard InChI is InChI=1S/C17H14N2O6S/c20-15-11-18(13-4-2-1-3-5-13)17(23)19(15)26(24,25)14-8-6-12(7-9-14)10-16(21)22/h1-9H,10-11H2,(H,21,22). The summed E-state index contributed by atoms with van der Waals surface area (Å²) in [5.74, 6) is -1.91. The van der Waals surface area contributed by atoms with E-state index in [1.807, 2.05) is 0 Å². The summed E-state index contributed by atoms with van der Waals surface area (Å²) in [6, 6.07) is 12.4. The molecule has 2 aromatic carbocycles. The van der Waals surface area contributed by atoms with Gasteiger partial charge in [0.2, 0.25) is 0 Å². The maximum Gasteiger partial charge on any atom is 0.346 e. The molecule has 1 heterocycles. The van der Waals surface area contributed by atoms with Crippen LogP contribution >= 0.6 is 0 Å². The molecule has 1 fully saturated rings. The van der Waals surface area contributed by atoms with E-state index < -0.39 is 27.9 Å². The quantitative estimate of drug-likeness (QED) is 0.793. The zero-order valence-corrected chi connectivity index (χ0v) is 14.2. The van der Waals surface area contributed by atoms with Gasteiger partial charge in [-0.25, -0.2) is 13.2 Å². The van der Waals surface area contributed by atoms with Crippen molar-refractivity contribution in [2.75, 3.05) is 11.4 Å². The first kappa shape index (κ1) is 17.6. The molecule has 2 aromatic rings. The predicted octanol–water partition coefficient (Wildman–Crippen LogP) is 1.47. The molecule has 134 valence electrons. The largest absolute Gasteiger partial charge is 0.481 e. The highest BCUT2D eigenvalue weighted by atomic mass is 32.2. The second-order valence-corrected chi connectivity index (χ2v) is 7.37. The van der Waals surface area contributed by atoms with Gasteiger partial charge in [0.15, 0.2) is 0 Å². The Morgan fingerprint density at radius 3 is 2.19 bits per heavy atom. The number of carboxylic acids is 1. The van der Waals surface area contributed by atoms with Crippen LogP contribution < -0.4 is 4.90 Å². The highest BCUT2D eigenvalue weighted by Crippen LogP contribution is 2.26. The van der Waals surface area contributed by atoms with Crippen LogP contribution in [0.4, 0.5) is 10.5 Å². The van der Waals surface area contributed by atoms with Gasteiger partial charge in [0.25, 0.3) is 15.9 Å². The van der Waals surface area contributed by atoms with Gasteiger partial charge >= 0.3 is 12.0 Å². The second kappa shape index (κ2) is 6.60. The van der Waals surface area contributed by atoms with Crippen LogP contribution in [0.2, 0.25) is 0 Å². The minimum atomic E-state index is -4.38. The van der Waals surface area contributed by atoms with Crippen LogP contribution in [-0.2, 0) is 26.0 Å². The van der Waals surface area contributed by atoms with Crippen molar-refractivity contribution in [1.29, 1.82) is 0 Å². The van der Waals surface area contributed by atoms with Gasteiger partial charge in [-0.05, 0) is 29.8 Å². The number of imide groups is 1. The van der Waals surface area contributed by atoms with E-state index in [4.69, 9.17) is 5.11 Å². The summed E-state index contributed by atoms with van der Waals surface area (Å²) < 4.78 is 25.7. The number of para-hydroxylation sites is 1. The van der Waals surface area contributed by atoms with E-state index in [1.165, 1.54) is 24.3 Å². The minimum Gasteiger partial charge on any atom is -0.481 e. The van der Waals surface area contributed by atoms with Gasteiger partial charge < -0.3 is 5.11 Å². The lowest BCUT2D eigenvalue weighted by Crippen LogP contribution is -2.38. The third-order valence-corrected chi connectivity index (χ3v) is 5.52. The van der Waals surface area contributed by atoms with E-state index in [0.717, 1.165) is 4.90 Å². The van der Waals surface area contributed by atoms with Crippen LogP contribution in [0.15, 0.2) is 59.5 Å². The summed E-state index contributed by atoms with van der Waals surface area (Å²) in [7, 11) is -4.38. The van der Waals surface area contributed by atoms with E-state index in [2.05, 4.69) is 0 Å². The van der Waals surface area contributed by atoms with Crippen molar-refractivity contribution in [2.45, 2.75) is 11.3 Å². The lowest BCUT2D eigenvalue weighted by Gasteiger charge is -2.17. The first-order valence-corrected chi connectivity index (χ1v) is 9.00. The zero-order chi connectivity index (χ0) is 18.9. The molecule has 26 heavy (non-hydrogen) atoms. The third kappa shape index (κ3) is 3.16. The van der Waals surface area contributed by atoms with Crippen LogP contribution in [0.5, 0.6) is 0 Å². The Bertz CT molecular complexity index is 970. The molecule has 0 aliphatic carbocycles. The van der Waals surface area contributed by atoms with E-state index in [0.29, 0.717) is 11.3 Å². The summed E-state index contributed by atoms with van der Waals surface area (Å²) in [6.07, 6.45) is -0.260. The van der Waals surface area contributed by atoms with Gasteiger partial charge in [0.05, 0.1) is 11.3 Å². The molecule has 0 saturated carbocycles. The average Bonchev–Trinajstić information content (AvgIpc) is 2.90. The van der Waals surface area contributed by atoms with Crippen molar-refractivity contribution in [2.24, 2.45) is 0 Å². The Morgan fingerprint density at radius 1 is 1.00 bits per heavy atom. The number of hydrogen-bond acceptors (Lipinski definition) is 5. The summed E-state index contributed by atoms with van der Waals surface area (Å²) in [5.41, 5.74) is 0.821. The van der Waals surface area contributed by atoms with E-state index in [1.54, 1.807) is 30.3 Å². The molecule has 1 saturated heterocycles. The number of carboxylic acid groups (broad SMARTS) is 1. The Kier molecular flexibility index (Phi) is 4.47. The van der Waals surface area contributed by atoms with Gasteiger partial charge in [0.1, 0.15) is 6.54 Å². The fraction of sp³-hybridized carbons (Fsp3) is 0.118. The molecule has 9 heteroatoms. The van der Waals surface area contributed by atoms with Crippen LogP contribution in [0, 0.1) is 0 Å². The van der Waals surface area contributed by atoms with Crippen molar-refractivity contribution >= 4 is 33.6 Å². The maximum atomic E-state index is 12.7. The average molecular weight is 374 g/mol. The van der Waals surface area contributed by atoms with Gasteiger partial charge in [0, 0.05) is 5.69 Å². The van der Waals surface area contributed by atoms with Crippen LogP contribution in [0.25, 0.3) is 0 Å². The molecule has 0 radical (unpaired) electrons. The number of benzene rings is 2. The SMILES string of the molecule is O=C(O)Cc1ccc(S(=O)(=O)N2C(=O)CN(c3ccccc3)C2=O)cc1. The first-order chi connectivity index (χ1) is 12.3. The molecule has 1 N–H and O–H groups in total. The number of sulfonamides is 1. The number of rotatable bonds is 5. The fourth-order valence-electron chi connectivity index (χ4n) is 2.59. The molecule has 0 bridgehead atoms. The van der Waals surface area contributed by atoms with Crippen molar-refractivity contribution in [3.8, 4) is 0 Å². The van der Waals surface area contributed by atoms with Gasteiger partial charge in [-0.15, -0.1) is 4.31 Å². The molecule has 1 aliphatic heterocycles. The van der Waals surface area contributed by atoms with Crippen molar-refractivity contribution in [1.82, 2.24) is 4.31 Å². The lowest BCUT2D eigenvalue weighted by atomic mass is 10.2. The predicted molar refractivity (Wildman–Crippen MR) is 91.0 cm³/mol. The molecule has 0 spiro atoms. The summed E-state index contributed by atoms with van der Waals surface area (Å²) in [4.78, 5) is 36.2. The number of urea groups is 1. The van der Waals surface area contributed by atoms with Crippen molar-refractivity contribution < 1.29 is 27.9 Å². The van der Waals surface area contributed by atoms with Crippen molar-refractivity contribution in [3.05, 3.63) is 60.2 Å². The Morgan fingerprint density at radius 2 is 1.62 bits per heavy atom. The molecule has 0 aromatic heterocycles. The van der Waals surface area contributed by atoms with Crippen molar-refractivity contribution in [3.63, 3.8) is 0 Å². The summed E-state index contributed by atoms with van der Waals surface area (Å²) in [6.45, 7) is -0.376. The smallest absolute Gasteiger partial charge is 0.346 e. The molecule has 0 unspecified atom stereocenters. The van der Waals surface area contributed by atoms with Gasteiger partial charge in [-0.3, -0.25) is 14.5 Å². The Labute approximate surface area is 149 Å². The lowest BCUT2D eigenvalue weighted by molar-refractivity contribution is -0.136. The molecule has 8 nitrogen and oxygen atoms in total. The highest BCUT2D eigenvalue weighted by molar-refractivity contribution is 7.90. The van der Waals surface area contributed by atoms with Gasteiger partial charge in [-0.2, -0.15) is 0 Å². The van der Waals surface area contributed by atoms with E-state index in [9.17, 15) is 22.8 Å². The van der Waals surface area contributed by atoms with E-state index >= 15 is 0 Å². The highest BCUT2D eigenvalue weighted by Gasteiger charge is 2.45. The number of nitrogens with zero attached hydrogens (tertiary/aromatic N) is 2. The normalized spacial score (nSPS) is 14.8. The molecular weight excluding hydrogens is 360 g/mol. The summed E-state index contributed by atoms with van der Waals surface area (Å²) in [5, 5.41) is 8.75. The summed E-state index contributed by atoms with van der Waals surface area (Å²) >= 11 is 0. The number of carbonyl (C=O) groups is 3. The first-order valence-electron chi connectivity index (χ1n) is 7.56. The number of amides is 3. The number of anilines is 1. The minimum absolute atomic E-state index is 0.242. The maximum absolute atomic E-state index is 12.7. The molecule has 0 atom stereocenters. The third-order valence-electron chi connectivity index (χ3n) is 3.81. The van der Waals surface area contributed by atoms with Crippen LogP contribution in [0.3, 0.4) is 0 Å². The number of hydrogen-bond donors (Lipinski definition) is 1. The Balaban J connectivity index is 1.90. The molecular formula is C17H14N2O6S. The second-order valence-electron chi connectivity index (χ2n) is 5.58. The van der Waals surface area contributed by atoms with Crippen LogP contribution in [-0.4, -0.2) is 42.3 Å². The zero-order valence-electron chi connectivity index (χ0n) is 13.4. The van der Waals surface area contributed by atoms with Crippen LogP contribution in [0.1, 0.15) is 5.56 Å². The topological polar surface area (TPSA) is 112 Å². The number of aliphatic carboxylic acids is 1. The molecule has 1 aliphatic rings. The van der Waals surface area contributed by atoms with Gasteiger partial charge in [-0.1, -0.05) is 30.3 Å².